The summed E-state index contributed by atoms with van der Waals surface area (Å²) in [5.74, 6) is -0.483. The summed E-state index contributed by atoms with van der Waals surface area (Å²) in [6.45, 7) is 0. The third-order valence-electron chi connectivity index (χ3n) is 2.22. The standard InChI is InChI=1S/C13H10ClFN2O/c14-9-5-7-10(8-6-9)16-13(18)17-12-4-2-1-3-11(12)15/h1-8H,(H2,16,17,18). The molecular formula is C13H10ClFN2O. The van der Waals surface area contributed by atoms with Gasteiger partial charge in [0.1, 0.15) is 5.82 Å². The van der Waals surface area contributed by atoms with E-state index >= 15 is 0 Å². The van der Waals surface area contributed by atoms with Crippen molar-refractivity contribution in [2.24, 2.45) is 0 Å². The summed E-state index contributed by atoms with van der Waals surface area (Å²) >= 11 is 5.72. The van der Waals surface area contributed by atoms with Crippen LogP contribution in [-0.2, 0) is 0 Å². The van der Waals surface area contributed by atoms with Crippen LogP contribution >= 0.6 is 11.6 Å². The lowest BCUT2D eigenvalue weighted by Crippen LogP contribution is -2.19. The van der Waals surface area contributed by atoms with Gasteiger partial charge in [-0.3, -0.25) is 0 Å². The van der Waals surface area contributed by atoms with Gasteiger partial charge in [-0.05, 0) is 36.4 Å². The molecule has 2 aromatic rings. The van der Waals surface area contributed by atoms with E-state index in [4.69, 9.17) is 11.6 Å². The molecule has 0 aliphatic carbocycles. The molecule has 0 aliphatic heterocycles. The molecule has 0 aliphatic rings. The first kappa shape index (κ1) is 12.4. The lowest BCUT2D eigenvalue weighted by Gasteiger charge is -2.08. The lowest BCUT2D eigenvalue weighted by atomic mass is 10.3. The predicted molar refractivity (Wildman–Crippen MR) is 70.5 cm³/mol. The van der Waals surface area contributed by atoms with E-state index in [1.54, 1.807) is 36.4 Å². The molecule has 2 rings (SSSR count). The van der Waals surface area contributed by atoms with Crippen molar-refractivity contribution < 1.29 is 9.18 Å². The normalized spacial score (nSPS) is 9.89. The monoisotopic (exact) mass is 264 g/mol. The number of hydrogen-bond donors (Lipinski definition) is 2. The van der Waals surface area contributed by atoms with Crippen LogP contribution in [0.15, 0.2) is 48.5 Å². The molecule has 0 radical (unpaired) electrons. The zero-order valence-corrected chi connectivity index (χ0v) is 10.0. The fourth-order valence-corrected chi connectivity index (χ4v) is 1.51. The number of halogens is 2. The van der Waals surface area contributed by atoms with E-state index < -0.39 is 11.8 Å². The Morgan fingerprint density at radius 3 is 2.33 bits per heavy atom. The molecule has 18 heavy (non-hydrogen) atoms. The van der Waals surface area contributed by atoms with Gasteiger partial charge in [-0.1, -0.05) is 23.7 Å². The molecule has 0 unspecified atom stereocenters. The first-order valence-electron chi connectivity index (χ1n) is 5.23. The zero-order chi connectivity index (χ0) is 13.0. The van der Waals surface area contributed by atoms with Crippen molar-refractivity contribution in [3.05, 3.63) is 59.4 Å². The van der Waals surface area contributed by atoms with Crippen LogP contribution in [0, 0.1) is 5.82 Å². The maximum absolute atomic E-state index is 13.3. The molecule has 0 heterocycles. The van der Waals surface area contributed by atoms with E-state index in [1.807, 2.05) is 0 Å². The van der Waals surface area contributed by atoms with Crippen molar-refractivity contribution >= 4 is 29.0 Å². The zero-order valence-electron chi connectivity index (χ0n) is 9.28. The van der Waals surface area contributed by atoms with Crippen LogP contribution < -0.4 is 10.6 Å². The summed E-state index contributed by atoms with van der Waals surface area (Å²) in [6, 6.07) is 12.1. The van der Waals surface area contributed by atoms with Gasteiger partial charge in [-0.25, -0.2) is 9.18 Å². The number of carbonyl (C=O) groups is 1. The molecule has 92 valence electrons. The maximum atomic E-state index is 13.3. The topological polar surface area (TPSA) is 41.1 Å². The van der Waals surface area contributed by atoms with Crippen LogP contribution in [0.4, 0.5) is 20.6 Å². The third-order valence-corrected chi connectivity index (χ3v) is 2.48. The number of amides is 2. The van der Waals surface area contributed by atoms with Gasteiger partial charge in [0.15, 0.2) is 0 Å². The summed E-state index contributed by atoms with van der Waals surface area (Å²) in [4.78, 5) is 11.6. The number of nitrogens with one attached hydrogen (secondary N) is 2. The Bertz CT molecular complexity index is 557. The van der Waals surface area contributed by atoms with Gasteiger partial charge in [-0.15, -0.1) is 0 Å². The third kappa shape index (κ3) is 3.21. The highest BCUT2D eigenvalue weighted by Crippen LogP contribution is 2.15. The number of carbonyl (C=O) groups excluding carboxylic acids is 1. The molecule has 2 N–H and O–H groups in total. The van der Waals surface area contributed by atoms with Crippen molar-refractivity contribution in [2.45, 2.75) is 0 Å². The van der Waals surface area contributed by atoms with E-state index in [0.717, 1.165) is 0 Å². The average Bonchev–Trinajstić information content (AvgIpc) is 2.35. The number of urea groups is 1. The predicted octanol–water partition coefficient (Wildman–Crippen LogP) is 4.12. The number of hydrogen-bond acceptors (Lipinski definition) is 1. The van der Waals surface area contributed by atoms with Crippen LogP contribution in [-0.4, -0.2) is 6.03 Å². The van der Waals surface area contributed by atoms with Gasteiger partial charge < -0.3 is 10.6 Å². The highest BCUT2D eigenvalue weighted by molar-refractivity contribution is 6.30. The Morgan fingerprint density at radius 1 is 1.00 bits per heavy atom. The van der Waals surface area contributed by atoms with Crippen molar-refractivity contribution in [1.82, 2.24) is 0 Å². The summed E-state index contributed by atoms with van der Waals surface area (Å²) in [7, 11) is 0. The largest absolute Gasteiger partial charge is 0.323 e. The lowest BCUT2D eigenvalue weighted by molar-refractivity contribution is 0.262. The van der Waals surface area contributed by atoms with Gasteiger partial charge in [0, 0.05) is 10.7 Å². The second-order valence-electron chi connectivity index (χ2n) is 3.57. The quantitative estimate of drug-likeness (QED) is 0.841. The first-order valence-corrected chi connectivity index (χ1v) is 5.61. The first-order chi connectivity index (χ1) is 8.65. The minimum absolute atomic E-state index is 0.129. The van der Waals surface area contributed by atoms with Gasteiger partial charge in [-0.2, -0.15) is 0 Å². The van der Waals surface area contributed by atoms with E-state index in [9.17, 15) is 9.18 Å². The highest BCUT2D eigenvalue weighted by atomic mass is 35.5. The Balaban J connectivity index is 2.01. The van der Waals surface area contributed by atoms with E-state index in [1.165, 1.54) is 12.1 Å². The second-order valence-corrected chi connectivity index (χ2v) is 4.00. The molecule has 0 atom stereocenters. The SMILES string of the molecule is O=C(Nc1ccc(Cl)cc1)Nc1ccccc1F. The van der Waals surface area contributed by atoms with E-state index in [0.29, 0.717) is 10.7 Å². The summed E-state index contributed by atoms with van der Waals surface area (Å²) < 4.78 is 13.3. The maximum Gasteiger partial charge on any atom is 0.323 e. The smallest absolute Gasteiger partial charge is 0.308 e. The van der Waals surface area contributed by atoms with Crippen molar-refractivity contribution in [3.8, 4) is 0 Å². The van der Waals surface area contributed by atoms with Gasteiger partial charge in [0.2, 0.25) is 0 Å². The van der Waals surface area contributed by atoms with E-state index in [2.05, 4.69) is 10.6 Å². The van der Waals surface area contributed by atoms with Crippen LogP contribution in [0.25, 0.3) is 0 Å². The molecule has 0 saturated carbocycles. The second kappa shape index (κ2) is 5.51. The van der Waals surface area contributed by atoms with Gasteiger partial charge in [0.25, 0.3) is 0 Å². The minimum Gasteiger partial charge on any atom is -0.308 e. The van der Waals surface area contributed by atoms with Crippen LogP contribution in [0.2, 0.25) is 5.02 Å². The number of benzene rings is 2. The van der Waals surface area contributed by atoms with Crippen molar-refractivity contribution in [2.75, 3.05) is 10.6 Å². The molecule has 2 amide bonds. The molecule has 0 fully saturated rings. The van der Waals surface area contributed by atoms with Crippen molar-refractivity contribution in [1.29, 1.82) is 0 Å². The highest BCUT2D eigenvalue weighted by Gasteiger charge is 2.05. The summed E-state index contributed by atoms with van der Waals surface area (Å²) in [5.41, 5.74) is 0.706. The average molecular weight is 265 g/mol. The summed E-state index contributed by atoms with van der Waals surface area (Å²) in [6.07, 6.45) is 0. The Kier molecular flexibility index (Phi) is 3.79. The van der Waals surface area contributed by atoms with Crippen molar-refractivity contribution in [3.63, 3.8) is 0 Å². The molecule has 5 heteroatoms. The Labute approximate surface area is 109 Å². The van der Waals surface area contributed by atoms with Gasteiger partial charge >= 0.3 is 6.03 Å². The molecule has 3 nitrogen and oxygen atoms in total. The number of para-hydroxylation sites is 1. The molecule has 0 bridgehead atoms. The molecule has 0 saturated heterocycles. The molecule has 0 spiro atoms. The fourth-order valence-electron chi connectivity index (χ4n) is 1.38. The Morgan fingerprint density at radius 2 is 1.67 bits per heavy atom. The number of anilines is 2. The van der Waals surface area contributed by atoms with E-state index in [-0.39, 0.29) is 5.69 Å². The number of rotatable bonds is 2. The Hall–Kier alpha value is -2.07. The van der Waals surface area contributed by atoms with Gasteiger partial charge in [0.05, 0.1) is 5.69 Å². The summed E-state index contributed by atoms with van der Waals surface area (Å²) in [5, 5.41) is 5.56. The molecule has 2 aromatic carbocycles. The van der Waals surface area contributed by atoms with Crippen LogP contribution in [0.5, 0.6) is 0 Å². The minimum atomic E-state index is -0.512. The molecule has 0 aromatic heterocycles. The van der Waals surface area contributed by atoms with Crippen LogP contribution in [0.1, 0.15) is 0 Å². The fraction of sp³-hybridized carbons (Fsp3) is 0. The van der Waals surface area contributed by atoms with Crippen LogP contribution in [0.3, 0.4) is 0 Å². The molecular weight excluding hydrogens is 255 g/mol.